The van der Waals surface area contributed by atoms with E-state index in [0.717, 1.165) is 50.4 Å². The van der Waals surface area contributed by atoms with E-state index in [1.807, 2.05) is 17.9 Å². The maximum atomic E-state index is 12.4. The molecule has 28 heavy (non-hydrogen) atoms. The van der Waals surface area contributed by atoms with Crippen LogP contribution < -0.4 is 10.2 Å². The molecule has 0 saturated carbocycles. The summed E-state index contributed by atoms with van der Waals surface area (Å²) < 4.78 is 5.01. The third-order valence-electron chi connectivity index (χ3n) is 5.72. The summed E-state index contributed by atoms with van der Waals surface area (Å²) in [5.41, 5.74) is 0.0271. The van der Waals surface area contributed by atoms with Gasteiger partial charge in [0.25, 0.3) is 5.91 Å². The summed E-state index contributed by atoms with van der Waals surface area (Å²) >= 11 is 0. The first-order chi connectivity index (χ1) is 13.5. The molecule has 2 fully saturated rings. The molecule has 2 aliphatic heterocycles. The van der Waals surface area contributed by atoms with Crippen molar-refractivity contribution in [1.29, 1.82) is 0 Å². The number of aliphatic hydroxyl groups is 1. The van der Waals surface area contributed by atoms with E-state index in [4.69, 9.17) is 4.42 Å². The summed E-state index contributed by atoms with van der Waals surface area (Å²) in [7, 11) is 0. The Morgan fingerprint density at radius 1 is 1.25 bits per heavy atom. The zero-order valence-corrected chi connectivity index (χ0v) is 16.2. The molecule has 2 saturated heterocycles. The summed E-state index contributed by atoms with van der Waals surface area (Å²) in [5, 5.41) is 13.6. The highest BCUT2D eigenvalue weighted by molar-refractivity contribution is 5.93. The van der Waals surface area contributed by atoms with E-state index >= 15 is 0 Å². The summed E-state index contributed by atoms with van der Waals surface area (Å²) in [6.45, 7) is 4.89. The van der Waals surface area contributed by atoms with Gasteiger partial charge in [0.2, 0.25) is 0 Å². The smallest absolute Gasteiger partial charge is 0.257 e. The normalized spacial score (nSPS) is 20.2. The third kappa shape index (κ3) is 4.27. The Balaban J connectivity index is 1.31. The molecule has 0 radical (unpaired) electrons. The van der Waals surface area contributed by atoms with Gasteiger partial charge in [0.05, 0.1) is 17.4 Å². The fourth-order valence-electron chi connectivity index (χ4n) is 3.82. The molecule has 0 atom stereocenters. The van der Waals surface area contributed by atoms with Crippen molar-refractivity contribution in [3.63, 3.8) is 0 Å². The van der Waals surface area contributed by atoms with Crippen molar-refractivity contribution >= 4 is 17.5 Å². The van der Waals surface area contributed by atoms with Crippen LogP contribution in [-0.2, 0) is 0 Å². The fraction of sp³-hybridized carbons (Fsp3) is 0.550. The number of hydrogen-bond donors (Lipinski definition) is 2. The van der Waals surface area contributed by atoms with Crippen LogP contribution in [0.3, 0.4) is 0 Å². The second kappa shape index (κ2) is 7.79. The number of furan rings is 1. The Kier molecular flexibility index (Phi) is 5.21. The second-order valence-electron chi connectivity index (χ2n) is 7.97. The lowest BCUT2D eigenvalue weighted by Gasteiger charge is -2.36. The lowest BCUT2D eigenvalue weighted by molar-refractivity contribution is 0.0350. The molecule has 0 spiro atoms. The molecular weight excluding hydrogens is 358 g/mol. The monoisotopic (exact) mass is 385 g/mol. The van der Waals surface area contributed by atoms with Crippen molar-refractivity contribution in [1.82, 2.24) is 14.9 Å². The molecule has 0 bridgehead atoms. The number of piperidine rings is 2. The number of aromatic nitrogens is 2. The summed E-state index contributed by atoms with van der Waals surface area (Å²) in [6, 6.07) is 3.95. The lowest BCUT2D eigenvalue weighted by atomic mass is 9.94. The SMILES string of the molecule is CC1(O)CCN(c2cc(NC3CCN(C(=O)c4ccoc4)CC3)ncn2)CC1. The average molecular weight is 385 g/mol. The van der Waals surface area contributed by atoms with Gasteiger partial charge in [-0.2, -0.15) is 0 Å². The molecule has 2 aliphatic rings. The molecule has 8 heteroatoms. The first kappa shape index (κ1) is 18.7. The van der Waals surface area contributed by atoms with Crippen LogP contribution in [0, 0.1) is 0 Å². The topological polar surface area (TPSA) is 94.7 Å². The molecular formula is C20H27N5O3. The number of nitrogens with one attached hydrogen (secondary N) is 1. The van der Waals surface area contributed by atoms with Crippen molar-refractivity contribution < 1.29 is 14.3 Å². The molecule has 150 valence electrons. The van der Waals surface area contributed by atoms with Crippen LogP contribution in [0.5, 0.6) is 0 Å². The molecule has 0 aromatic carbocycles. The minimum Gasteiger partial charge on any atom is -0.472 e. The van der Waals surface area contributed by atoms with Crippen LogP contribution in [0.15, 0.2) is 35.4 Å². The zero-order valence-electron chi connectivity index (χ0n) is 16.2. The van der Waals surface area contributed by atoms with Crippen molar-refractivity contribution in [3.8, 4) is 0 Å². The summed E-state index contributed by atoms with van der Waals surface area (Å²) in [6.07, 6.45) is 7.82. The predicted octanol–water partition coefficient (Wildman–Crippen LogP) is 2.14. The van der Waals surface area contributed by atoms with Gasteiger partial charge >= 0.3 is 0 Å². The van der Waals surface area contributed by atoms with E-state index in [1.54, 1.807) is 12.4 Å². The van der Waals surface area contributed by atoms with Gasteiger partial charge in [-0.1, -0.05) is 0 Å². The number of amides is 1. The third-order valence-corrected chi connectivity index (χ3v) is 5.72. The minimum atomic E-state index is -0.577. The average Bonchev–Trinajstić information content (AvgIpc) is 3.23. The molecule has 2 aromatic heterocycles. The molecule has 4 rings (SSSR count). The molecule has 0 unspecified atom stereocenters. The second-order valence-corrected chi connectivity index (χ2v) is 7.97. The maximum Gasteiger partial charge on any atom is 0.257 e. The van der Waals surface area contributed by atoms with Crippen LogP contribution >= 0.6 is 0 Å². The first-order valence-corrected chi connectivity index (χ1v) is 9.88. The van der Waals surface area contributed by atoms with Crippen molar-refractivity contribution in [2.24, 2.45) is 0 Å². The van der Waals surface area contributed by atoms with Gasteiger partial charge in [-0.3, -0.25) is 4.79 Å². The summed E-state index contributed by atoms with van der Waals surface area (Å²) in [5.74, 6) is 1.72. The van der Waals surface area contributed by atoms with E-state index in [2.05, 4.69) is 20.2 Å². The molecule has 0 aliphatic carbocycles. The number of carbonyl (C=O) groups excluding carboxylic acids is 1. The number of likely N-dealkylation sites (tertiary alicyclic amines) is 1. The van der Waals surface area contributed by atoms with E-state index < -0.39 is 5.60 Å². The first-order valence-electron chi connectivity index (χ1n) is 9.88. The van der Waals surface area contributed by atoms with Gasteiger partial charge in [0.15, 0.2) is 0 Å². The molecule has 1 amide bonds. The Labute approximate surface area is 164 Å². The van der Waals surface area contributed by atoms with E-state index in [9.17, 15) is 9.90 Å². The lowest BCUT2D eigenvalue weighted by Crippen LogP contribution is -2.43. The number of anilines is 2. The van der Waals surface area contributed by atoms with Crippen LogP contribution in [0.4, 0.5) is 11.6 Å². The van der Waals surface area contributed by atoms with Gasteiger partial charge < -0.3 is 24.6 Å². The maximum absolute atomic E-state index is 12.4. The Morgan fingerprint density at radius 3 is 2.68 bits per heavy atom. The van der Waals surface area contributed by atoms with E-state index in [-0.39, 0.29) is 11.9 Å². The van der Waals surface area contributed by atoms with E-state index in [0.29, 0.717) is 18.7 Å². The van der Waals surface area contributed by atoms with Crippen LogP contribution in [0.25, 0.3) is 0 Å². The Bertz CT molecular complexity index is 790. The number of nitrogens with zero attached hydrogens (tertiary/aromatic N) is 4. The summed E-state index contributed by atoms with van der Waals surface area (Å²) in [4.78, 5) is 25.2. The predicted molar refractivity (Wildman–Crippen MR) is 105 cm³/mol. The van der Waals surface area contributed by atoms with Crippen LogP contribution in [-0.4, -0.2) is 63.7 Å². The van der Waals surface area contributed by atoms with Crippen LogP contribution in [0.1, 0.15) is 43.0 Å². The van der Waals surface area contributed by atoms with Crippen molar-refractivity contribution in [2.45, 2.75) is 44.2 Å². The minimum absolute atomic E-state index is 0.0255. The van der Waals surface area contributed by atoms with Crippen LogP contribution in [0.2, 0.25) is 0 Å². The van der Waals surface area contributed by atoms with Gasteiger partial charge in [0, 0.05) is 38.3 Å². The Hall–Kier alpha value is -2.61. The molecule has 2 N–H and O–H groups in total. The largest absolute Gasteiger partial charge is 0.472 e. The van der Waals surface area contributed by atoms with Crippen molar-refractivity contribution in [3.05, 3.63) is 36.5 Å². The standard InChI is InChI=1S/C20H27N5O3/c1-20(27)5-9-24(10-6-20)18-12-17(21-14-22-18)23-16-2-7-25(8-3-16)19(26)15-4-11-28-13-15/h4,11-14,16,27H,2-3,5-10H2,1H3,(H,21,22,23). The highest BCUT2D eigenvalue weighted by Crippen LogP contribution is 2.26. The van der Waals surface area contributed by atoms with Gasteiger partial charge in [0.1, 0.15) is 24.2 Å². The highest BCUT2D eigenvalue weighted by atomic mass is 16.3. The number of rotatable bonds is 4. The quantitative estimate of drug-likeness (QED) is 0.832. The van der Waals surface area contributed by atoms with Crippen molar-refractivity contribution in [2.75, 3.05) is 36.4 Å². The van der Waals surface area contributed by atoms with E-state index in [1.165, 1.54) is 12.5 Å². The molecule has 2 aromatic rings. The molecule has 8 nitrogen and oxygen atoms in total. The highest BCUT2D eigenvalue weighted by Gasteiger charge is 2.28. The van der Waals surface area contributed by atoms with Gasteiger partial charge in [-0.05, 0) is 38.7 Å². The number of hydrogen-bond acceptors (Lipinski definition) is 7. The van der Waals surface area contributed by atoms with Gasteiger partial charge in [-0.15, -0.1) is 0 Å². The van der Waals surface area contributed by atoms with Gasteiger partial charge in [-0.25, -0.2) is 9.97 Å². The fourth-order valence-corrected chi connectivity index (χ4v) is 3.82. The Morgan fingerprint density at radius 2 is 2.00 bits per heavy atom. The zero-order chi connectivity index (χ0) is 19.6. The number of carbonyl (C=O) groups is 1. The molecule has 4 heterocycles.